The summed E-state index contributed by atoms with van der Waals surface area (Å²) in [6.45, 7) is 3.61. The van der Waals surface area contributed by atoms with Crippen LogP contribution in [0.15, 0.2) is 40.8 Å². The lowest BCUT2D eigenvalue weighted by atomic mass is 10.2. The molecular formula is C18H26N3O2+. The van der Waals surface area contributed by atoms with Crippen LogP contribution < -0.4 is 15.1 Å². The number of nitrogens with one attached hydrogen (secondary N) is 2. The Labute approximate surface area is 137 Å². The van der Waals surface area contributed by atoms with Crippen molar-refractivity contribution < 1.29 is 14.1 Å². The number of furan rings is 1. The predicted octanol–water partition coefficient (Wildman–Crippen LogP) is 0.985. The molecule has 124 valence electrons. The fraction of sp³-hybridized carbons (Fsp3) is 0.389. The number of aryl methyl sites for hydroxylation is 1. The quantitative estimate of drug-likeness (QED) is 0.801. The number of hydrogen-bond donors (Lipinski definition) is 2. The van der Waals surface area contributed by atoms with Crippen LogP contribution in [-0.4, -0.2) is 33.6 Å². The molecule has 0 bridgehead atoms. The van der Waals surface area contributed by atoms with Crippen molar-refractivity contribution in [3.05, 3.63) is 53.5 Å². The van der Waals surface area contributed by atoms with Gasteiger partial charge in [0.2, 0.25) is 0 Å². The van der Waals surface area contributed by atoms with Gasteiger partial charge < -0.3 is 19.5 Å². The summed E-state index contributed by atoms with van der Waals surface area (Å²) >= 11 is 0. The maximum absolute atomic E-state index is 12.0. The molecule has 0 aliphatic rings. The summed E-state index contributed by atoms with van der Waals surface area (Å²) in [5.74, 6) is 1.85. The molecule has 1 amide bonds. The van der Waals surface area contributed by atoms with Crippen LogP contribution in [0.3, 0.4) is 0 Å². The molecule has 5 nitrogen and oxygen atoms in total. The predicted molar refractivity (Wildman–Crippen MR) is 91.5 cm³/mol. The van der Waals surface area contributed by atoms with E-state index in [1.54, 1.807) is 0 Å². The zero-order chi connectivity index (χ0) is 16.8. The van der Waals surface area contributed by atoms with Gasteiger partial charge in [0.25, 0.3) is 5.91 Å². The van der Waals surface area contributed by atoms with Gasteiger partial charge in [-0.1, -0.05) is 12.1 Å². The van der Waals surface area contributed by atoms with E-state index >= 15 is 0 Å². The van der Waals surface area contributed by atoms with E-state index in [-0.39, 0.29) is 5.91 Å². The van der Waals surface area contributed by atoms with Crippen LogP contribution in [0, 0.1) is 6.92 Å². The molecule has 0 aliphatic heterocycles. The highest BCUT2D eigenvalue weighted by atomic mass is 16.3. The molecule has 1 heterocycles. The molecule has 0 saturated heterocycles. The maximum Gasteiger partial charge on any atom is 0.275 e. The van der Waals surface area contributed by atoms with Crippen molar-refractivity contribution in [3.63, 3.8) is 0 Å². The van der Waals surface area contributed by atoms with E-state index < -0.39 is 0 Å². The van der Waals surface area contributed by atoms with E-state index in [1.165, 1.54) is 0 Å². The Hall–Kier alpha value is -2.27. The average molecular weight is 316 g/mol. The number of rotatable bonds is 7. The lowest BCUT2D eigenvalue weighted by Crippen LogP contribution is -3.08. The van der Waals surface area contributed by atoms with Crippen LogP contribution >= 0.6 is 0 Å². The van der Waals surface area contributed by atoms with Gasteiger partial charge >= 0.3 is 0 Å². The standard InChI is InChI=1S/C18H25N3O2/c1-14-5-10-17(23-14)12-21(4)13-18(22)19-11-15-6-8-16(9-7-15)20(2)3/h5-10H,11-13H2,1-4H3,(H,19,22)/p+1. The summed E-state index contributed by atoms with van der Waals surface area (Å²) in [5, 5.41) is 2.97. The maximum atomic E-state index is 12.0. The first kappa shape index (κ1) is 17.1. The molecule has 2 rings (SSSR count). The molecule has 2 aromatic rings. The Morgan fingerprint density at radius 1 is 1.17 bits per heavy atom. The lowest BCUT2D eigenvalue weighted by Gasteiger charge is -2.14. The number of anilines is 1. The number of likely N-dealkylation sites (N-methyl/N-ethyl adjacent to an activating group) is 1. The van der Waals surface area contributed by atoms with Crippen LogP contribution in [0.4, 0.5) is 5.69 Å². The van der Waals surface area contributed by atoms with Gasteiger partial charge in [-0.3, -0.25) is 4.79 Å². The molecule has 5 heteroatoms. The fourth-order valence-corrected chi connectivity index (χ4v) is 2.39. The van der Waals surface area contributed by atoms with Gasteiger partial charge in [0.1, 0.15) is 12.3 Å². The molecule has 1 atom stereocenters. The topological polar surface area (TPSA) is 49.9 Å². The van der Waals surface area contributed by atoms with Crippen LogP contribution in [0.1, 0.15) is 17.1 Å². The minimum absolute atomic E-state index is 0.0439. The van der Waals surface area contributed by atoms with Crippen LogP contribution in [0.25, 0.3) is 0 Å². The number of quaternary nitrogens is 1. The normalized spacial score (nSPS) is 12.0. The summed E-state index contributed by atoms with van der Waals surface area (Å²) in [4.78, 5) is 15.2. The van der Waals surface area contributed by atoms with Crippen molar-refractivity contribution in [1.29, 1.82) is 0 Å². The number of benzene rings is 1. The highest BCUT2D eigenvalue weighted by Gasteiger charge is 2.12. The van der Waals surface area contributed by atoms with Crippen LogP contribution in [0.5, 0.6) is 0 Å². The fourth-order valence-electron chi connectivity index (χ4n) is 2.39. The monoisotopic (exact) mass is 316 g/mol. The van der Waals surface area contributed by atoms with E-state index in [9.17, 15) is 4.79 Å². The molecular weight excluding hydrogens is 290 g/mol. The highest BCUT2D eigenvalue weighted by molar-refractivity contribution is 5.76. The number of hydrogen-bond acceptors (Lipinski definition) is 3. The van der Waals surface area contributed by atoms with Crippen molar-refractivity contribution in [2.24, 2.45) is 0 Å². The Balaban J connectivity index is 1.75. The third kappa shape index (κ3) is 5.45. The lowest BCUT2D eigenvalue weighted by molar-refractivity contribution is -0.886. The molecule has 0 fully saturated rings. The smallest absolute Gasteiger partial charge is 0.275 e. The van der Waals surface area contributed by atoms with Crippen LogP contribution in [0.2, 0.25) is 0 Å². The molecule has 0 radical (unpaired) electrons. The zero-order valence-electron chi connectivity index (χ0n) is 14.3. The minimum atomic E-state index is 0.0439. The summed E-state index contributed by atoms with van der Waals surface area (Å²) < 4.78 is 5.54. The first-order chi connectivity index (χ1) is 10.9. The van der Waals surface area contributed by atoms with E-state index in [2.05, 4.69) is 22.3 Å². The first-order valence-corrected chi connectivity index (χ1v) is 7.83. The second-order valence-corrected chi connectivity index (χ2v) is 6.16. The molecule has 1 aromatic carbocycles. The Kier molecular flexibility index (Phi) is 5.82. The minimum Gasteiger partial charge on any atom is -0.460 e. The summed E-state index contributed by atoms with van der Waals surface area (Å²) in [6, 6.07) is 12.1. The van der Waals surface area contributed by atoms with Gasteiger partial charge in [-0.25, -0.2) is 0 Å². The van der Waals surface area contributed by atoms with Gasteiger partial charge in [0.15, 0.2) is 12.3 Å². The average Bonchev–Trinajstić information content (AvgIpc) is 2.90. The molecule has 1 unspecified atom stereocenters. The van der Waals surface area contributed by atoms with E-state index in [1.807, 2.05) is 52.3 Å². The van der Waals surface area contributed by atoms with Crippen LogP contribution in [-0.2, 0) is 17.9 Å². The van der Waals surface area contributed by atoms with Crippen molar-refractivity contribution in [2.45, 2.75) is 20.0 Å². The molecule has 0 saturated carbocycles. The molecule has 23 heavy (non-hydrogen) atoms. The van der Waals surface area contributed by atoms with Crippen molar-refractivity contribution in [1.82, 2.24) is 5.32 Å². The third-order valence-corrected chi connectivity index (χ3v) is 3.68. The Morgan fingerprint density at radius 2 is 1.87 bits per heavy atom. The first-order valence-electron chi connectivity index (χ1n) is 7.83. The Bertz CT molecular complexity index is 632. The van der Waals surface area contributed by atoms with Crippen molar-refractivity contribution in [3.8, 4) is 0 Å². The van der Waals surface area contributed by atoms with Gasteiger partial charge in [-0.05, 0) is 36.8 Å². The molecule has 0 aliphatic carbocycles. The number of nitrogens with zero attached hydrogens (tertiary/aromatic N) is 1. The Morgan fingerprint density at radius 3 is 2.43 bits per heavy atom. The van der Waals surface area contributed by atoms with E-state index in [4.69, 9.17) is 4.42 Å². The number of carbonyl (C=O) groups excluding carboxylic acids is 1. The van der Waals surface area contributed by atoms with E-state index in [0.29, 0.717) is 19.6 Å². The largest absolute Gasteiger partial charge is 0.460 e. The van der Waals surface area contributed by atoms with Crippen molar-refractivity contribution in [2.75, 3.05) is 32.6 Å². The molecule has 0 spiro atoms. The van der Waals surface area contributed by atoms with Gasteiger partial charge in [-0.15, -0.1) is 0 Å². The second kappa shape index (κ2) is 7.83. The highest BCUT2D eigenvalue weighted by Crippen LogP contribution is 2.11. The van der Waals surface area contributed by atoms with Crippen molar-refractivity contribution >= 4 is 11.6 Å². The van der Waals surface area contributed by atoms with Gasteiger partial charge in [0, 0.05) is 26.3 Å². The molecule has 1 aromatic heterocycles. The summed E-state index contributed by atoms with van der Waals surface area (Å²) in [7, 11) is 6.01. The molecule has 2 N–H and O–H groups in total. The third-order valence-electron chi connectivity index (χ3n) is 3.68. The van der Waals surface area contributed by atoms with E-state index in [0.717, 1.165) is 27.7 Å². The zero-order valence-corrected chi connectivity index (χ0v) is 14.3. The van der Waals surface area contributed by atoms with Gasteiger partial charge in [0.05, 0.1) is 7.05 Å². The van der Waals surface area contributed by atoms with Gasteiger partial charge in [-0.2, -0.15) is 0 Å². The second-order valence-electron chi connectivity index (χ2n) is 6.16. The SMILES string of the molecule is Cc1ccc(C[NH+](C)CC(=O)NCc2ccc(N(C)C)cc2)o1. The number of amides is 1. The number of carbonyl (C=O) groups is 1. The summed E-state index contributed by atoms with van der Waals surface area (Å²) in [6.07, 6.45) is 0. The summed E-state index contributed by atoms with van der Waals surface area (Å²) in [5.41, 5.74) is 2.25.